The molecule has 0 N–H and O–H groups in total. The van der Waals surface area contributed by atoms with Gasteiger partial charge in [0.25, 0.3) is 0 Å². The van der Waals surface area contributed by atoms with Gasteiger partial charge in [0, 0.05) is 69.7 Å². The van der Waals surface area contributed by atoms with E-state index in [1.165, 1.54) is 23.3 Å². The van der Waals surface area contributed by atoms with Gasteiger partial charge in [-0.15, -0.1) is 43.1 Å². The number of halogens is 2. The van der Waals surface area contributed by atoms with Crippen molar-refractivity contribution in [3.8, 4) is 10.0 Å². The normalized spacial score (nSPS) is 15.4. The van der Waals surface area contributed by atoms with Gasteiger partial charge < -0.3 is 9.47 Å². The zero-order valence-corrected chi connectivity index (χ0v) is 38.3. The first-order valence-electron chi connectivity index (χ1n) is 20.3. The van der Waals surface area contributed by atoms with Gasteiger partial charge in [-0.3, -0.25) is 33.5 Å². The second-order valence-corrected chi connectivity index (χ2v) is 18.4. The molecule has 6 aromatic rings. The SMILES string of the molecule is COC(=O)C[C@@H]1N=C(c2ccc(Cl)cc2)c2c(sc(C(=O)CCCOCCCC(=O)C[C@@H]3N=C(c4ccc(Cl)cc4)c4c(sc(C)c4C)-n4c(C)nnc43)c2C)-n2c(C)nnc21. The van der Waals surface area contributed by atoms with Crippen molar-refractivity contribution in [2.24, 2.45) is 9.98 Å². The molecule has 0 fully saturated rings. The van der Waals surface area contributed by atoms with Crippen LogP contribution in [0.3, 0.4) is 0 Å². The summed E-state index contributed by atoms with van der Waals surface area (Å²) in [5.41, 5.74) is 6.88. The number of hydrogen-bond acceptors (Lipinski definition) is 13. The summed E-state index contributed by atoms with van der Waals surface area (Å²) in [6, 6.07) is 13.8. The fraction of sp³-hybridized carbons (Fsp3) is 0.356. The Morgan fingerprint density at radius 3 is 1.71 bits per heavy atom. The van der Waals surface area contributed by atoms with E-state index in [2.05, 4.69) is 34.2 Å². The van der Waals surface area contributed by atoms with Crippen LogP contribution in [0.15, 0.2) is 58.5 Å². The molecule has 2 aromatic carbocycles. The number of rotatable bonds is 15. The summed E-state index contributed by atoms with van der Waals surface area (Å²) < 4.78 is 14.9. The Morgan fingerprint density at radius 1 is 0.661 bits per heavy atom. The van der Waals surface area contributed by atoms with Gasteiger partial charge in [-0.05, 0) is 82.9 Å². The average molecular weight is 912 g/mol. The lowest BCUT2D eigenvalue weighted by molar-refractivity contribution is -0.141. The number of hydrogen-bond donors (Lipinski definition) is 0. The molecule has 13 nitrogen and oxygen atoms in total. The number of carbonyl (C=O) groups is 3. The van der Waals surface area contributed by atoms with E-state index in [-0.39, 0.29) is 30.8 Å². The molecule has 17 heteroatoms. The molecule has 0 unspecified atom stereocenters. The van der Waals surface area contributed by atoms with Crippen LogP contribution in [0.1, 0.15) is 122 Å². The van der Waals surface area contributed by atoms with Crippen molar-refractivity contribution >= 4 is 74.8 Å². The number of carbonyl (C=O) groups excluding carboxylic acids is 3. The van der Waals surface area contributed by atoms with Crippen molar-refractivity contribution in [2.75, 3.05) is 20.3 Å². The highest BCUT2D eigenvalue weighted by molar-refractivity contribution is 7.17. The number of fused-ring (bicyclic) bond motifs is 6. The van der Waals surface area contributed by atoms with Crippen molar-refractivity contribution in [3.05, 3.63) is 125 Å². The van der Waals surface area contributed by atoms with Crippen LogP contribution < -0.4 is 0 Å². The minimum Gasteiger partial charge on any atom is -0.469 e. The predicted molar refractivity (Wildman–Crippen MR) is 242 cm³/mol. The van der Waals surface area contributed by atoms with Crippen LogP contribution in [0.5, 0.6) is 0 Å². The zero-order valence-electron chi connectivity index (χ0n) is 35.1. The van der Waals surface area contributed by atoms with E-state index in [1.807, 2.05) is 66.3 Å². The number of esters is 1. The molecule has 0 aliphatic carbocycles. The summed E-state index contributed by atoms with van der Waals surface area (Å²) in [7, 11) is 1.34. The van der Waals surface area contributed by atoms with E-state index in [1.54, 1.807) is 23.5 Å². The van der Waals surface area contributed by atoms with Crippen molar-refractivity contribution < 1.29 is 23.9 Å². The molecule has 320 valence electrons. The number of aryl methyl sites for hydroxylation is 3. The van der Waals surface area contributed by atoms with Crippen LogP contribution in [0.4, 0.5) is 0 Å². The fourth-order valence-corrected chi connectivity index (χ4v) is 10.7. The quantitative estimate of drug-likeness (QED) is 0.0556. The van der Waals surface area contributed by atoms with Crippen LogP contribution in [0.25, 0.3) is 10.0 Å². The first kappa shape index (κ1) is 43.5. The highest BCUT2D eigenvalue weighted by atomic mass is 35.5. The minimum atomic E-state index is -0.660. The summed E-state index contributed by atoms with van der Waals surface area (Å²) in [6.07, 6.45) is 1.77. The second kappa shape index (κ2) is 18.3. The van der Waals surface area contributed by atoms with Gasteiger partial charge in [0.15, 0.2) is 17.4 Å². The van der Waals surface area contributed by atoms with Gasteiger partial charge in [-0.2, -0.15) is 0 Å². The number of aromatic nitrogens is 6. The molecule has 0 amide bonds. The van der Waals surface area contributed by atoms with E-state index in [0.29, 0.717) is 70.6 Å². The number of thiophene rings is 2. The number of nitrogens with zero attached hydrogens (tertiary/aromatic N) is 8. The number of ketones is 2. The lowest BCUT2D eigenvalue weighted by Crippen LogP contribution is -2.12. The average Bonchev–Trinajstić information content (AvgIpc) is 3.96. The third-order valence-electron chi connectivity index (χ3n) is 11.2. The van der Waals surface area contributed by atoms with Crippen LogP contribution in [-0.2, 0) is 19.1 Å². The molecule has 0 radical (unpaired) electrons. The maximum absolute atomic E-state index is 13.9. The third kappa shape index (κ3) is 8.48. The van der Waals surface area contributed by atoms with Gasteiger partial charge >= 0.3 is 5.97 Å². The molecule has 2 aliphatic rings. The number of Topliss-reactive ketones (excluding diaryl/α,β-unsaturated/α-hetero) is 2. The van der Waals surface area contributed by atoms with Crippen molar-refractivity contribution in [3.63, 3.8) is 0 Å². The summed E-state index contributed by atoms with van der Waals surface area (Å²) in [5, 5.41) is 20.6. The first-order chi connectivity index (χ1) is 29.8. The number of methoxy groups -OCH3 is 1. The molecule has 8 rings (SSSR count). The lowest BCUT2D eigenvalue weighted by atomic mass is 9.98. The van der Waals surface area contributed by atoms with Crippen molar-refractivity contribution in [2.45, 2.75) is 85.2 Å². The number of aliphatic imine (C=N–C) groups is 2. The molecule has 0 spiro atoms. The molecule has 62 heavy (non-hydrogen) atoms. The fourth-order valence-electron chi connectivity index (χ4n) is 7.90. The summed E-state index contributed by atoms with van der Waals surface area (Å²) in [4.78, 5) is 52.0. The van der Waals surface area contributed by atoms with Gasteiger partial charge in [0.05, 0.1) is 29.8 Å². The third-order valence-corrected chi connectivity index (χ3v) is 14.2. The Balaban J connectivity index is 0.911. The highest BCUT2D eigenvalue weighted by Crippen LogP contribution is 2.42. The Morgan fingerprint density at radius 2 is 1.16 bits per heavy atom. The van der Waals surface area contributed by atoms with Crippen LogP contribution >= 0.6 is 45.9 Å². The van der Waals surface area contributed by atoms with Gasteiger partial charge in [-0.25, -0.2) is 0 Å². The summed E-state index contributed by atoms with van der Waals surface area (Å²) in [5.74, 6) is 2.11. The van der Waals surface area contributed by atoms with Crippen molar-refractivity contribution in [1.29, 1.82) is 0 Å². The molecule has 6 heterocycles. The molecule has 0 saturated carbocycles. The summed E-state index contributed by atoms with van der Waals surface area (Å²) >= 11 is 15.5. The van der Waals surface area contributed by atoms with Crippen molar-refractivity contribution in [1.82, 2.24) is 29.5 Å². The first-order valence-corrected chi connectivity index (χ1v) is 22.7. The Labute approximate surface area is 376 Å². The number of benzene rings is 2. The van der Waals surface area contributed by atoms with Gasteiger partial charge in [-0.1, -0.05) is 47.5 Å². The van der Waals surface area contributed by atoms with E-state index < -0.39 is 18.1 Å². The molecule has 2 atom stereocenters. The molecule has 4 aromatic heterocycles. The topological polar surface area (TPSA) is 156 Å². The molecular formula is C45H44Cl2N8O5S2. The van der Waals surface area contributed by atoms with E-state index in [9.17, 15) is 14.4 Å². The van der Waals surface area contributed by atoms with Crippen LogP contribution in [-0.4, -0.2) is 78.8 Å². The maximum atomic E-state index is 13.9. The van der Waals surface area contributed by atoms with Gasteiger partial charge in [0.1, 0.15) is 39.5 Å². The second-order valence-electron chi connectivity index (χ2n) is 15.3. The Hall–Kier alpha value is -5.19. The highest BCUT2D eigenvalue weighted by Gasteiger charge is 2.35. The largest absolute Gasteiger partial charge is 0.469 e. The maximum Gasteiger partial charge on any atom is 0.308 e. The smallest absolute Gasteiger partial charge is 0.308 e. The minimum absolute atomic E-state index is 0.0158. The molecule has 2 aliphatic heterocycles. The van der Waals surface area contributed by atoms with Gasteiger partial charge in [0.2, 0.25) is 0 Å². The standard InChI is InChI=1S/C45H44Cl2N8O5S2/c1-23-25(3)61-44-37(23)39(28-11-15-30(46)16-12-28)48-33(42-52-50-26(4)54(42)44)21-32(56)9-7-19-60-20-8-10-35(57)41-24(2)38-40(29-13-17-31(47)18-14-29)49-34(22-36(58)59-6)43-53-51-27(5)55(43)45(38)62-41/h11-18,33-34H,7-10,19-22H2,1-6H3/t33-,34-/m0/s1. The van der Waals surface area contributed by atoms with Crippen LogP contribution in [0.2, 0.25) is 10.0 Å². The number of ether oxygens (including phenoxy) is 2. The Bertz CT molecular complexity index is 2770. The van der Waals surface area contributed by atoms with E-state index in [4.69, 9.17) is 42.7 Å². The zero-order chi connectivity index (χ0) is 43.8. The van der Waals surface area contributed by atoms with E-state index in [0.717, 1.165) is 54.9 Å². The van der Waals surface area contributed by atoms with E-state index >= 15 is 0 Å². The lowest BCUT2D eigenvalue weighted by Gasteiger charge is -2.12. The monoisotopic (exact) mass is 910 g/mol. The summed E-state index contributed by atoms with van der Waals surface area (Å²) in [6.45, 7) is 10.6. The Kier molecular flexibility index (Phi) is 12.8. The molecule has 0 saturated heterocycles. The van der Waals surface area contributed by atoms with Crippen LogP contribution in [0, 0.1) is 34.6 Å². The molecular weight excluding hydrogens is 868 g/mol. The molecule has 0 bridgehead atoms. The predicted octanol–water partition coefficient (Wildman–Crippen LogP) is 9.59.